The van der Waals surface area contributed by atoms with Crippen LogP contribution >= 0.6 is 15.9 Å². The third-order valence-corrected chi connectivity index (χ3v) is 4.50. The Morgan fingerprint density at radius 1 is 1.33 bits per heavy atom. The maximum absolute atomic E-state index is 4.25. The van der Waals surface area contributed by atoms with Crippen LogP contribution in [0, 0.1) is 6.92 Å². The van der Waals surface area contributed by atoms with Crippen LogP contribution in [0.1, 0.15) is 42.6 Å². The number of benzene rings is 1. The molecule has 0 fully saturated rings. The molecular weight excluding hydrogens is 326 g/mol. The molecule has 0 spiro atoms. The van der Waals surface area contributed by atoms with Gasteiger partial charge in [-0.3, -0.25) is 4.68 Å². The van der Waals surface area contributed by atoms with Crippen molar-refractivity contribution < 1.29 is 0 Å². The van der Waals surface area contributed by atoms with Crippen LogP contribution in [-0.2, 0) is 13.5 Å². The number of nitrogens with one attached hydrogen (secondary N) is 1. The molecule has 0 aliphatic carbocycles. The molecule has 1 unspecified atom stereocenters. The van der Waals surface area contributed by atoms with Crippen molar-refractivity contribution in [1.82, 2.24) is 15.1 Å². The van der Waals surface area contributed by atoms with E-state index in [9.17, 15) is 0 Å². The van der Waals surface area contributed by atoms with Gasteiger partial charge in [-0.05, 0) is 50.4 Å². The Hall–Kier alpha value is -1.13. The Bertz CT molecular complexity index is 577. The summed E-state index contributed by atoms with van der Waals surface area (Å²) in [5, 5.41) is 7.92. The third-order valence-electron chi connectivity index (χ3n) is 3.78. The van der Waals surface area contributed by atoms with Crippen LogP contribution in [0.3, 0.4) is 0 Å². The quantitative estimate of drug-likeness (QED) is 0.812. The van der Waals surface area contributed by atoms with Crippen molar-refractivity contribution in [2.45, 2.75) is 39.2 Å². The second kappa shape index (κ2) is 7.76. The molecule has 2 rings (SSSR count). The van der Waals surface area contributed by atoms with Crippen LogP contribution in [0.4, 0.5) is 0 Å². The van der Waals surface area contributed by atoms with Crippen LogP contribution in [0.2, 0.25) is 0 Å². The fourth-order valence-corrected chi connectivity index (χ4v) is 3.08. The van der Waals surface area contributed by atoms with E-state index in [1.165, 1.54) is 21.3 Å². The van der Waals surface area contributed by atoms with E-state index < -0.39 is 0 Å². The molecule has 1 atom stereocenters. The molecular formula is C17H24BrN3. The van der Waals surface area contributed by atoms with E-state index in [0.29, 0.717) is 6.04 Å². The summed E-state index contributed by atoms with van der Waals surface area (Å²) in [5.41, 5.74) is 3.93. The first-order valence-corrected chi connectivity index (χ1v) is 8.37. The number of halogens is 1. The van der Waals surface area contributed by atoms with Crippen molar-refractivity contribution in [3.05, 3.63) is 51.8 Å². The van der Waals surface area contributed by atoms with Gasteiger partial charge in [0.2, 0.25) is 0 Å². The Morgan fingerprint density at radius 3 is 2.81 bits per heavy atom. The second-order valence-corrected chi connectivity index (χ2v) is 6.37. The van der Waals surface area contributed by atoms with E-state index in [1.54, 1.807) is 0 Å². The molecule has 0 saturated carbocycles. The maximum atomic E-state index is 4.25. The van der Waals surface area contributed by atoms with Gasteiger partial charge in [-0.25, -0.2) is 0 Å². The predicted octanol–water partition coefficient (Wildman–Crippen LogP) is 4.16. The van der Waals surface area contributed by atoms with Crippen LogP contribution < -0.4 is 5.32 Å². The van der Waals surface area contributed by atoms with Crippen molar-refractivity contribution in [2.75, 3.05) is 6.54 Å². The summed E-state index contributed by atoms with van der Waals surface area (Å²) < 4.78 is 3.15. The number of hydrogen-bond acceptors (Lipinski definition) is 2. The summed E-state index contributed by atoms with van der Waals surface area (Å²) in [6.45, 7) is 5.39. The lowest BCUT2D eigenvalue weighted by Gasteiger charge is -2.21. The zero-order chi connectivity index (χ0) is 15.2. The normalized spacial score (nSPS) is 12.6. The first-order valence-electron chi connectivity index (χ1n) is 7.58. The highest BCUT2D eigenvalue weighted by atomic mass is 79.9. The number of hydrogen-bond donors (Lipinski definition) is 1. The molecule has 0 aliphatic heterocycles. The lowest BCUT2D eigenvalue weighted by molar-refractivity contribution is 0.490. The van der Waals surface area contributed by atoms with Gasteiger partial charge in [0.15, 0.2) is 0 Å². The van der Waals surface area contributed by atoms with Gasteiger partial charge in [-0.15, -0.1) is 0 Å². The lowest BCUT2D eigenvalue weighted by atomic mass is 9.99. The van der Waals surface area contributed by atoms with Crippen LogP contribution in [0.25, 0.3) is 0 Å². The van der Waals surface area contributed by atoms with Gasteiger partial charge in [0, 0.05) is 29.5 Å². The maximum Gasteiger partial charge on any atom is 0.0492 e. The van der Waals surface area contributed by atoms with Gasteiger partial charge in [0.25, 0.3) is 0 Å². The minimum Gasteiger partial charge on any atom is -0.310 e. The standard InChI is InChI=1S/C17H24BrN3/c1-4-10-19-17(8-6-14-9-11-20-21(14)3)15-12-13(2)5-7-16(15)18/h5,7,9,11-12,17,19H,4,6,8,10H2,1-3H3. The SMILES string of the molecule is CCCNC(CCc1ccnn1C)c1cc(C)ccc1Br. The highest BCUT2D eigenvalue weighted by Crippen LogP contribution is 2.28. The summed E-state index contributed by atoms with van der Waals surface area (Å²) in [4.78, 5) is 0. The summed E-state index contributed by atoms with van der Waals surface area (Å²) in [5.74, 6) is 0. The highest BCUT2D eigenvalue weighted by molar-refractivity contribution is 9.10. The molecule has 0 radical (unpaired) electrons. The van der Waals surface area contributed by atoms with Gasteiger partial charge in [0.05, 0.1) is 0 Å². The molecule has 1 N–H and O–H groups in total. The zero-order valence-electron chi connectivity index (χ0n) is 13.1. The Kier molecular flexibility index (Phi) is 6.00. The number of rotatable bonds is 7. The van der Waals surface area contributed by atoms with Crippen LogP contribution in [-0.4, -0.2) is 16.3 Å². The van der Waals surface area contributed by atoms with E-state index in [4.69, 9.17) is 0 Å². The Balaban J connectivity index is 2.13. The average Bonchev–Trinajstić information content (AvgIpc) is 2.87. The fraction of sp³-hybridized carbons (Fsp3) is 0.471. The second-order valence-electron chi connectivity index (χ2n) is 5.52. The zero-order valence-corrected chi connectivity index (χ0v) is 14.7. The molecule has 0 bridgehead atoms. The molecule has 0 saturated heterocycles. The smallest absolute Gasteiger partial charge is 0.0492 e. The first kappa shape index (κ1) is 16.2. The topological polar surface area (TPSA) is 29.9 Å². The van der Waals surface area contributed by atoms with E-state index in [1.807, 2.05) is 17.9 Å². The molecule has 0 amide bonds. The number of aromatic nitrogens is 2. The molecule has 1 aromatic heterocycles. The van der Waals surface area contributed by atoms with E-state index in [-0.39, 0.29) is 0 Å². The first-order chi connectivity index (χ1) is 10.1. The van der Waals surface area contributed by atoms with Crippen LogP contribution in [0.15, 0.2) is 34.9 Å². The molecule has 4 heteroatoms. The van der Waals surface area contributed by atoms with Crippen molar-refractivity contribution in [3.8, 4) is 0 Å². The van der Waals surface area contributed by atoms with E-state index >= 15 is 0 Å². The van der Waals surface area contributed by atoms with Gasteiger partial charge in [0.1, 0.15) is 0 Å². The number of aryl methyl sites for hydroxylation is 3. The highest BCUT2D eigenvalue weighted by Gasteiger charge is 2.15. The van der Waals surface area contributed by atoms with Gasteiger partial charge in [-0.2, -0.15) is 5.10 Å². The van der Waals surface area contributed by atoms with Crippen molar-refractivity contribution >= 4 is 15.9 Å². The molecule has 1 heterocycles. The summed E-state index contributed by atoms with van der Waals surface area (Å²) in [6.07, 6.45) is 5.11. The monoisotopic (exact) mass is 349 g/mol. The largest absolute Gasteiger partial charge is 0.310 e. The van der Waals surface area contributed by atoms with E-state index in [0.717, 1.165) is 25.8 Å². The number of nitrogens with zero attached hydrogens (tertiary/aromatic N) is 2. The third kappa shape index (κ3) is 4.42. The van der Waals surface area contributed by atoms with Gasteiger partial charge < -0.3 is 5.32 Å². The minimum absolute atomic E-state index is 0.370. The molecule has 3 nitrogen and oxygen atoms in total. The summed E-state index contributed by atoms with van der Waals surface area (Å²) >= 11 is 3.70. The average molecular weight is 350 g/mol. The summed E-state index contributed by atoms with van der Waals surface area (Å²) in [7, 11) is 2.01. The molecule has 1 aromatic carbocycles. The van der Waals surface area contributed by atoms with Gasteiger partial charge >= 0.3 is 0 Å². The predicted molar refractivity (Wildman–Crippen MR) is 91.4 cm³/mol. The van der Waals surface area contributed by atoms with Gasteiger partial charge in [-0.1, -0.05) is 40.5 Å². The van der Waals surface area contributed by atoms with Crippen molar-refractivity contribution in [1.29, 1.82) is 0 Å². The minimum atomic E-state index is 0.370. The molecule has 0 aliphatic rings. The lowest BCUT2D eigenvalue weighted by Crippen LogP contribution is -2.23. The fourth-order valence-electron chi connectivity index (χ4n) is 2.56. The Morgan fingerprint density at radius 2 is 2.14 bits per heavy atom. The molecule has 21 heavy (non-hydrogen) atoms. The summed E-state index contributed by atoms with van der Waals surface area (Å²) in [6, 6.07) is 9.04. The van der Waals surface area contributed by atoms with Crippen LogP contribution in [0.5, 0.6) is 0 Å². The molecule has 2 aromatic rings. The van der Waals surface area contributed by atoms with Crippen molar-refractivity contribution in [3.63, 3.8) is 0 Å². The molecule has 114 valence electrons. The van der Waals surface area contributed by atoms with Crippen molar-refractivity contribution in [2.24, 2.45) is 7.05 Å². The Labute approximate surface area is 135 Å². The van der Waals surface area contributed by atoms with E-state index in [2.05, 4.69) is 64.5 Å².